The van der Waals surface area contributed by atoms with Gasteiger partial charge >= 0.3 is 0 Å². The van der Waals surface area contributed by atoms with Gasteiger partial charge in [-0.05, 0) is 84.6 Å². The quantitative estimate of drug-likeness (QED) is 0.0172. The summed E-state index contributed by atoms with van der Waals surface area (Å²) >= 11 is 13.2. The molecule has 0 radical (unpaired) electrons. The molecule has 12 rings (SSSR count). The van der Waals surface area contributed by atoms with E-state index in [9.17, 15) is 33.3 Å². The van der Waals surface area contributed by atoms with Gasteiger partial charge in [0.05, 0.1) is 49.9 Å². The van der Waals surface area contributed by atoms with Gasteiger partial charge in [-0.2, -0.15) is 0 Å². The van der Waals surface area contributed by atoms with Gasteiger partial charge in [0, 0.05) is 118 Å². The summed E-state index contributed by atoms with van der Waals surface area (Å²) in [5.74, 6) is 8.17. The monoisotopic (exact) mass is 1420 g/mol. The Morgan fingerprint density at radius 1 is 0.545 bits per heavy atom. The summed E-state index contributed by atoms with van der Waals surface area (Å²) in [5.41, 5.74) is 6.73. The van der Waals surface area contributed by atoms with Crippen LogP contribution in [-0.2, 0) is 18.8 Å². The number of carbonyl (C=O) groups excluding carboxylic acids is 6. The fraction of sp³-hybridized carbons (Fsp3) is 0.225. The number of piperazine rings is 2. The first-order valence-electron chi connectivity index (χ1n) is 32.4. The molecule has 2 atom stereocenters. The van der Waals surface area contributed by atoms with Crippen LogP contribution < -0.4 is 22.3 Å². The number of amides is 4. The molecule has 2 fully saturated rings. The van der Waals surface area contributed by atoms with Crippen LogP contribution in [0.15, 0.2) is 244 Å². The summed E-state index contributed by atoms with van der Waals surface area (Å²) in [6, 6.07) is 65.9. The number of likely N-dealkylation sites (N-methyl/N-ethyl adjacent to an activating group) is 2. The molecule has 10 aromatic rings. The third kappa shape index (κ3) is 17.1. The number of carbonyl (C=O) groups is 6. The number of ketones is 2. The number of aromatic amines is 1. The maximum absolute atomic E-state index is 13.9. The average molecular weight is 1420 g/mol. The number of rotatable bonds is 19. The van der Waals surface area contributed by atoms with Gasteiger partial charge in [0.1, 0.15) is 0 Å². The largest absolute Gasteiger partial charge is 0.360 e. The minimum Gasteiger partial charge on any atom is -0.360 e. The van der Waals surface area contributed by atoms with Crippen LogP contribution in [0, 0.1) is 0 Å². The standard InChI is InChI=1S/C33H34ClN5O3.C33H33ClN4O3.C12H12NO2P.2CH4/c1-4-15-36(3)33(42)31(40)27-21-39(35)29-19-28(34)26(18-25(27)29)32(41)38-17-16-37(20-22(38)2)30(23-11-7-5-8-12-23)24-13-9-6-10-14-24;1-4-15-36(3)33(41)31(39)27-20-35-29-19-28(34)26(18-25(27)29)32(40)38-17-16-37(21-22(38)2)30(23-11-7-5-8-12-23)24-13-9-6-10-14-24;13-15-16(14,11-7-3-1-4-8-11)12-9-5-2-6-10-12;;/h4-14,18-19,21-22,30H,1,15-17,20,35H2,2-3H3;4-14,18-20,22,30,35H,1,15-17,21H2,2-3H3;1-10H,13H2;2*1H4/t2*22-;;;/m11.../s1. The number of nitrogens with two attached hydrogens (primary N) is 2. The Morgan fingerprint density at radius 2 is 0.901 bits per heavy atom. The van der Waals surface area contributed by atoms with E-state index in [4.69, 9.17) is 39.6 Å². The van der Waals surface area contributed by atoms with E-state index >= 15 is 0 Å². The van der Waals surface area contributed by atoms with Gasteiger partial charge in [-0.15, -0.1) is 13.2 Å². The molecule has 8 aromatic carbocycles. The number of Topliss-reactive ketones (excluding diaryl/α,β-unsaturated/α-hetero) is 2. The number of nitrogens with one attached hydrogen (secondary N) is 1. The lowest BCUT2D eigenvalue weighted by molar-refractivity contribution is -0.125. The molecular formula is C80H87Cl2N10O8P. The molecule has 2 aromatic heterocycles. The molecule has 0 bridgehead atoms. The van der Waals surface area contributed by atoms with E-state index in [-0.39, 0.29) is 85.6 Å². The van der Waals surface area contributed by atoms with Crippen LogP contribution in [0.1, 0.15) is 104 Å². The van der Waals surface area contributed by atoms with Gasteiger partial charge in [0.2, 0.25) is 0 Å². The Kier molecular flexibility index (Phi) is 26.5. The second-order valence-corrected chi connectivity index (χ2v) is 27.6. The Balaban J connectivity index is 0.000000208. The SMILES string of the molecule is C.C.C=CCN(C)C(=O)C(=O)c1c[nH]c2cc(Cl)c(C(=O)N3CCN(C(c4ccccc4)c4ccccc4)C[C@H]3C)cc12.C=CCN(C)C(=O)C(=O)c1cn(N)c2cc(Cl)c(C(=O)N3CCN(C(c4ccccc4)c4ccccc4)C[C@H]3C)cc12.NOP(=O)(c1ccccc1)c1ccccc1. The summed E-state index contributed by atoms with van der Waals surface area (Å²) in [4.78, 5) is 93.3. The van der Waals surface area contributed by atoms with Crippen LogP contribution in [0.5, 0.6) is 0 Å². The van der Waals surface area contributed by atoms with Crippen molar-refractivity contribution in [2.75, 3.05) is 72.3 Å². The molecule has 4 heterocycles. The smallest absolute Gasteiger partial charge is 0.295 e. The Morgan fingerprint density at radius 3 is 1.27 bits per heavy atom. The summed E-state index contributed by atoms with van der Waals surface area (Å²) in [6.07, 6.45) is 5.98. The third-order valence-corrected chi connectivity index (χ3v) is 20.8. The number of nitrogens with zero attached hydrogens (tertiary/aromatic N) is 7. The number of H-pyrrole nitrogens is 1. The number of hydrogen-bond donors (Lipinski definition) is 3. The molecule has 0 aliphatic carbocycles. The van der Waals surface area contributed by atoms with Crippen molar-refractivity contribution in [3.05, 3.63) is 299 Å². The van der Waals surface area contributed by atoms with Gasteiger partial charge in [-0.3, -0.25) is 47.8 Å². The Bertz CT molecular complexity index is 4460. The topological polar surface area (TPSA) is 221 Å². The van der Waals surface area contributed by atoms with Crippen LogP contribution in [-0.4, -0.2) is 153 Å². The van der Waals surface area contributed by atoms with E-state index in [0.29, 0.717) is 82.3 Å². The first-order chi connectivity index (χ1) is 47.8. The van der Waals surface area contributed by atoms with Crippen molar-refractivity contribution in [3.63, 3.8) is 0 Å². The molecule has 0 spiro atoms. The lowest BCUT2D eigenvalue weighted by atomic mass is 9.95. The van der Waals surface area contributed by atoms with Crippen LogP contribution in [0.25, 0.3) is 21.8 Å². The van der Waals surface area contributed by atoms with E-state index in [2.05, 4.69) is 101 Å². The molecular weight excluding hydrogens is 1330 g/mol. The zero-order chi connectivity index (χ0) is 70.5. The van der Waals surface area contributed by atoms with Crippen molar-refractivity contribution in [2.45, 2.75) is 52.9 Å². The summed E-state index contributed by atoms with van der Waals surface area (Å²) in [6.45, 7) is 15.5. The number of benzene rings is 8. The highest BCUT2D eigenvalue weighted by Crippen LogP contribution is 2.42. The van der Waals surface area contributed by atoms with Crippen molar-refractivity contribution in [3.8, 4) is 0 Å². The Labute approximate surface area is 601 Å². The molecule has 2 aliphatic heterocycles. The normalized spacial score (nSPS) is 14.7. The van der Waals surface area contributed by atoms with E-state index in [1.807, 2.05) is 109 Å². The second-order valence-electron chi connectivity index (χ2n) is 24.4. The molecule has 0 unspecified atom stereocenters. The predicted molar refractivity (Wildman–Crippen MR) is 407 cm³/mol. The van der Waals surface area contributed by atoms with Crippen molar-refractivity contribution in [1.82, 2.24) is 39.1 Å². The van der Waals surface area contributed by atoms with Gasteiger partial charge in [-0.25, -0.2) is 10.5 Å². The highest BCUT2D eigenvalue weighted by molar-refractivity contribution is 7.74. The van der Waals surface area contributed by atoms with E-state index in [0.717, 1.165) is 0 Å². The maximum atomic E-state index is 13.9. The van der Waals surface area contributed by atoms with E-state index in [1.165, 1.54) is 62.2 Å². The zero-order valence-electron chi connectivity index (χ0n) is 55.6. The molecule has 4 amide bonds. The molecule has 2 saturated heterocycles. The number of halogens is 2. The number of hydrogen-bond acceptors (Lipinski definition) is 12. The van der Waals surface area contributed by atoms with Crippen LogP contribution in [0.3, 0.4) is 0 Å². The lowest BCUT2D eigenvalue weighted by Gasteiger charge is -2.43. The minimum atomic E-state index is -3.13. The van der Waals surface area contributed by atoms with Crippen LogP contribution >= 0.6 is 30.6 Å². The van der Waals surface area contributed by atoms with Crippen molar-refractivity contribution in [1.29, 1.82) is 0 Å². The van der Waals surface area contributed by atoms with Crippen molar-refractivity contribution in [2.24, 2.45) is 5.90 Å². The highest BCUT2D eigenvalue weighted by atomic mass is 35.5. The summed E-state index contributed by atoms with van der Waals surface area (Å²) in [7, 11) is -0.0574. The number of nitrogen functional groups attached to an aromatic ring is 1. The maximum Gasteiger partial charge on any atom is 0.295 e. The molecule has 5 N–H and O–H groups in total. The lowest BCUT2D eigenvalue weighted by Crippen LogP contribution is -2.54. The van der Waals surface area contributed by atoms with Crippen molar-refractivity contribution >= 4 is 98.2 Å². The molecule has 2 aliphatic rings. The fourth-order valence-corrected chi connectivity index (χ4v) is 15.0. The Hall–Kier alpha value is -10.0. The van der Waals surface area contributed by atoms with Gasteiger partial charge < -0.3 is 30.4 Å². The highest BCUT2D eigenvalue weighted by Gasteiger charge is 2.37. The molecule has 101 heavy (non-hydrogen) atoms. The van der Waals surface area contributed by atoms with E-state index in [1.54, 1.807) is 61.7 Å². The molecule has 18 nitrogen and oxygen atoms in total. The second kappa shape index (κ2) is 34.9. The molecule has 21 heteroatoms. The van der Waals surface area contributed by atoms with Crippen molar-refractivity contribution < 1.29 is 38.0 Å². The third-order valence-electron chi connectivity index (χ3n) is 17.9. The summed E-state index contributed by atoms with van der Waals surface area (Å²) in [5, 5.41) is 2.61. The van der Waals surface area contributed by atoms with Crippen LogP contribution in [0.2, 0.25) is 10.0 Å². The number of aromatic nitrogens is 2. The van der Waals surface area contributed by atoms with Gasteiger partial charge in [-0.1, -0.05) is 208 Å². The number of fused-ring (bicyclic) bond motifs is 2. The average Bonchev–Trinajstić information content (AvgIpc) is 1.71. The molecule has 0 saturated carbocycles. The fourth-order valence-electron chi connectivity index (χ4n) is 12.9. The van der Waals surface area contributed by atoms with Gasteiger partial charge in [0.15, 0.2) is 0 Å². The van der Waals surface area contributed by atoms with E-state index < -0.39 is 30.7 Å². The minimum absolute atomic E-state index is 0. The first kappa shape index (κ1) is 76.7. The molecule has 524 valence electrons. The van der Waals surface area contributed by atoms with Crippen LogP contribution in [0.4, 0.5) is 0 Å². The van der Waals surface area contributed by atoms with Gasteiger partial charge in [0.25, 0.3) is 42.6 Å². The predicted octanol–water partition coefficient (Wildman–Crippen LogP) is 13.4. The summed E-state index contributed by atoms with van der Waals surface area (Å²) < 4.78 is 18.7. The first-order valence-corrected chi connectivity index (χ1v) is 34.8. The zero-order valence-corrected chi connectivity index (χ0v) is 58.0.